The zero-order chi connectivity index (χ0) is 21.4. The van der Waals surface area contributed by atoms with Crippen LogP contribution in [0.15, 0.2) is 24.4 Å². The van der Waals surface area contributed by atoms with Crippen LogP contribution in [0.4, 0.5) is 4.39 Å². The highest BCUT2D eigenvalue weighted by Gasteiger charge is 2.25. The van der Waals surface area contributed by atoms with Crippen molar-refractivity contribution in [3.63, 3.8) is 0 Å². The molecule has 5 nitrogen and oxygen atoms in total. The minimum atomic E-state index is -0.407. The van der Waals surface area contributed by atoms with E-state index in [-0.39, 0.29) is 11.9 Å². The molecular weight excluding hydrogens is 379 g/mol. The minimum absolute atomic E-state index is 0.0239. The lowest BCUT2D eigenvalue weighted by molar-refractivity contribution is 0.0754. The lowest BCUT2D eigenvalue weighted by Gasteiger charge is -2.25. The van der Waals surface area contributed by atoms with Gasteiger partial charge in [0.05, 0.1) is 16.6 Å². The molecular formula is C24H31FN4O. The van der Waals surface area contributed by atoms with Crippen LogP contribution in [0, 0.1) is 5.82 Å². The predicted molar refractivity (Wildman–Crippen MR) is 118 cm³/mol. The van der Waals surface area contributed by atoms with E-state index in [4.69, 9.17) is 5.73 Å². The van der Waals surface area contributed by atoms with Gasteiger partial charge in [0.2, 0.25) is 0 Å². The van der Waals surface area contributed by atoms with E-state index in [1.807, 2.05) is 24.6 Å². The summed E-state index contributed by atoms with van der Waals surface area (Å²) in [6, 6.07) is 4.80. The quantitative estimate of drug-likeness (QED) is 0.812. The van der Waals surface area contributed by atoms with Gasteiger partial charge in [0.15, 0.2) is 0 Å². The van der Waals surface area contributed by atoms with Crippen molar-refractivity contribution < 1.29 is 9.18 Å². The van der Waals surface area contributed by atoms with Gasteiger partial charge in [-0.25, -0.2) is 4.39 Å². The maximum atomic E-state index is 14.1. The molecule has 1 aromatic heterocycles. The Morgan fingerprint density at radius 2 is 2.00 bits per heavy atom. The van der Waals surface area contributed by atoms with Gasteiger partial charge in [-0.15, -0.1) is 0 Å². The van der Waals surface area contributed by atoms with E-state index in [1.165, 1.54) is 22.9 Å². The van der Waals surface area contributed by atoms with Gasteiger partial charge in [-0.05, 0) is 69.2 Å². The van der Waals surface area contributed by atoms with Crippen molar-refractivity contribution in [1.82, 2.24) is 14.8 Å². The molecule has 2 heterocycles. The number of nitrogens with two attached hydrogens (primary N) is 1. The third kappa shape index (κ3) is 3.76. The summed E-state index contributed by atoms with van der Waals surface area (Å²) in [6.07, 6.45) is 10.6. The second kappa shape index (κ2) is 8.26. The second-order valence-electron chi connectivity index (χ2n) is 8.79. The van der Waals surface area contributed by atoms with Gasteiger partial charge in [-0.3, -0.25) is 4.79 Å². The van der Waals surface area contributed by atoms with Gasteiger partial charge in [0.25, 0.3) is 5.91 Å². The molecule has 0 unspecified atom stereocenters. The molecule has 0 atom stereocenters. The first-order valence-corrected chi connectivity index (χ1v) is 10.8. The standard InChI is InChI=1S/C24H31FN4O/c1-15(2)28(3)24(30)20-12-17(25)6-9-22(20)29-14-21(16-4-7-18(26)8-5-16)19-10-11-27-13-23(19)29/h6,9-10,12-16,18,27H,4-5,7-8,11,26H2,1-3H3. The summed E-state index contributed by atoms with van der Waals surface area (Å²) in [6.45, 7) is 4.68. The van der Waals surface area contributed by atoms with E-state index in [1.54, 1.807) is 18.0 Å². The third-order valence-corrected chi connectivity index (χ3v) is 6.53. The smallest absolute Gasteiger partial charge is 0.256 e. The van der Waals surface area contributed by atoms with Gasteiger partial charge in [-0.1, -0.05) is 6.08 Å². The fourth-order valence-electron chi connectivity index (χ4n) is 4.51. The Morgan fingerprint density at radius 3 is 2.70 bits per heavy atom. The largest absolute Gasteiger partial charge is 0.386 e. The number of carbonyl (C=O) groups is 1. The molecule has 1 aliphatic heterocycles. The Morgan fingerprint density at radius 1 is 1.27 bits per heavy atom. The zero-order valence-corrected chi connectivity index (χ0v) is 18.0. The monoisotopic (exact) mass is 410 g/mol. The number of rotatable bonds is 4. The average molecular weight is 411 g/mol. The van der Waals surface area contributed by atoms with Gasteiger partial charge < -0.3 is 20.5 Å². The fraction of sp³-hybridized carbons (Fsp3) is 0.458. The van der Waals surface area contributed by atoms with Crippen molar-refractivity contribution in [2.24, 2.45) is 5.73 Å². The maximum Gasteiger partial charge on any atom is 0.256 e. The lowest BCUT2D eigenvalue weighted by atomic mass is 9.82. The Balaban J connectivity index is 1.86. The van der Waals surface area contributed by atoms with Crippen LogP contribution < -0.4 is 21.6 Å². The molecule has 1 saturated carbocycles. The number of amides is 1. The van der Waals surface area contributed by atoms with Gasteiger partial charge in [0.1, 0.15) is 5.82 Å². The highest BCUT2D eigenvalue weighted by atomic mass is 19.1. The third-order valence-electron chi connectivity index (χ3n) is 6.53. The van der Waals surface area contributed by atoms with Crippen LogP contribution in [-0.2, 0) is 0 Å². The molecule has 0 saturated heterocycles. The molecule has 0 spiro atoms. The average Bonchev–Trinajstić information content (AvgIpc) is 3.12. The van der Waals surface area contributed by atoms with Crippen molar-refractivity contribution in [1.29, 1.82) is 0 Å². The summed E-state index contributed by atoms with van der Waals surface area (Å²) in [4.78, 5) is 14.8. The highest BCUT2D eigenvalue weighted by Crippen LogP contribution is 2.31. The van der Waals surface area contributed by atoms with Crippen LogP contribution in [-0.4, -0.2) is 41.1 Å². The highest BCUT2D eigenvalue weighted by molar-refractivity contribution is 5.97. The van der Waals surface area contributed by atoms with Crippen LogP contribution in [0.2, 0.25) is 0 Å². The SMILES string of the molecule is CC(C)N(C)C(=O)c1cc(F)ccc1-n1cc(C2CCC(N)CC2)c2c1=CNCC=2. The number of nitrogens with one attached hydrogen (secondary N) is 1. The summed E-state index contributed by atoms with van der Waals surface area (Å²) in [5, 5.41) is 5.51. The molecule has 1 aliphatic carbocycles. The van der Waals surface area contributed by atoms with Crippen LogP contribution in [0.5, 0.6) is 0 Å². The topological polar surface area (TPSA) is 63.3 Å². The van der Waals surface area contributed by atoms with E-state index in [0.29, 0.717) is 23.2 Å². The Hall–Kier alpha value is -2.60. The first kappa shape index (κ1) is 20.7. The van der Waals surface area contributed by atoms with Crippen LogP contribution in [0.1, 0.15) is 61.4 Å². The first-order valence-electron chi connectivity index (χ1n) is 10.8. The van der Waals surface area contributed by atoms with Crippen molar-refractivity contribution in [2.45, 2.75) is 57.5 Å². The van der Waals surface area contributed by atoms with E-state index in [2.05, 4.69) is 17.6 Å². The molecule has 1 aromatic carbocycles. The molecule has 30 heavy (non-hydrogen) atoms. The summed E-state index contributed by atoms with van der Waals surface area (Å²) in [5.74, 6) is -0.129. The number of hydrogen-bond donors (Lipinski definition) is 2. The first-order chi connectivity index (χ1) is 14.4. The molecule has 4 rings (SSSR count). The molecule has 0 radical (unpaired) electrons. The molecule has 0 bridgehead atoms. The lowest BCUT2D eigenvalue weighted by Crippen LogP contribution is -2.38. The summed E-state index contributed by atoms with van der Waals surface area (Å²) < 4.78 is 16.2. The van der Waals surface area contributed by atoms with Crippen molar-refractivity contribution >= 4 is 18.2 Å². The summed E-state index contributed by atoms with van der Waals surface area (Å²) in [7, 11) is 1.75. The number of aromatic nitrogens is 1. The van der Waals surface area contributed by atoms with Crippen LogP contribution in [0.25, 0.3) is 18.0 Å². The number of hydrogen-bond acceptors (Lipinski definition) is 3. The number of nitrogens with zero attached hydrogens (tertiary/aromatic N) is 2. The molecule has 1 amide bonds. The molecule has 2 aromatic rings. The normalized spacial score (nSPS) is 20.7. The summed E-state index contributed by atoms with van der Waals surface area (Å²) in [5.41, 5.74) is 8.50. The fourth-order valence-corrected chi connectivity index (χ4v) is 4.51. The molecule has 3 N–H and O–H groups in total. The number of carbonyl (C=O) groups excluding carboxylic acids is 1. The van der Waals surface area contributed by atoms with Crippen LogP contribution >= 0.6 is 0 Å². The van der Waals surface area contributed by atoms with Crippen molar-refractivity contribution in [3.05, 3.63) is 51.9 Å². The zero-order valence-electron chi connectivity index (χ0n) is 18.0. The molecule has 1 fully saturated rings. The maximum absolute atomic E-state index is 14.1. The summed E-state index contributed by atoms with van der Waals surface area (Å²) >= 11 is 0. The van der Waals surface area contributed by atoms with Gasteiger partial charge in [0, 0.05) is 43.3 Å². The van der Waals surface area contributed by atoms with Crippen LogP contribution in [0.3, 0.4) is 0 Å². The van der Waals surface area contributed by atoms with E-state index in [9.17, 15) is 9.18 Å². The van der Waals surface area contributed by atoms with E-state index < -0.39 is 5.82 Å². The van der Waals surface area contributed by atoms with E-state index in [0.717, 1.165) is 37.6 Å². The minimum Gasteiger partial charge on any atom is -0.386 e. The predicted octanol–water partition coefficient (Wildman–Crippen LogP) is 2.20. The Labute approximate surface area is 177 Å². The van der Waals surface area contributed by atoms with Crippen molar-refractivity contribution in [2.75, 3.05) is 13.6 Å². The van der Waals surface area contributed by atoms with Gasteiger partial charge >= 0.3 is 0 Å². The molecule has 160 valence electrons. The number of halogens is 1. The number of fused-ring (bicyclic) bond motifs is 1. The Kier molecular flexibility index (Phi) is 5.69. The Bertz CT molecular complexity index is 1060. The van der Waals surface area contributed by atoms with E-state index >= 15 is 0 Å². The molecule has 6 heteroatoms. The number of benzene rings is 1. The van der Waals surface area contributed by atoms with Crippen molar-refractivity contribution in [3.8, 4) is 5.69 Å². The molecule has 2 aliphatic rings. The van der Waals surface area contributed by atoms with Gasteiger partial charge in [-0.2, -0.15) is 0 Å². The second-order valence-corrected chi connectivity index (χ2v) is 8.79.